The third kappa shape index (κ3) is 3.46. The lowest BCUT2D eigenvalue weighted by atomic mass is 9.82. The number of para-hydroxylation sites is 1. The van der Waals surface area contributed by atoms with Crippen LogP contribution in [0.5, 0.6) is 0 Å². The van der Waals surface area contributed by atoms with E-state index in [4.69, 9.17) is 0 Å². The molecule has 1 fully saturated rings. The molecule has 0 radical (unpaired) electrons. The van der Waals surface area contributed by atoms with Gasteiger partial charge in [0.15, 0.2) is 0 Å². The molecular formula is C17H24F2N2O. The number of amides is 1. The maximum Gasteiger partial charge on any atom is 0.251 e. The number of hydrogen-bond donors (Lipinski definition) is 2. The Labute approximate surface area is 130 Å². The standard InChI is InChI=1S/C17H24F2N2O/c1-4-8-16(11-17(18,19)9-10-20-16)15(22)21-14-12(2)6-5-7-13(14)3/h5-7,20H,4,8-11H2,1-3H3,(H,21,22). The summed E-state index contributed by atoms with van der Waals surface area (Å²) in [4.78, 5) is 12.8. The summed E-state index contributed by atoms with van der Waals surface area (Å²) in [5.41, 5.74) is 1.40. The van der Waals surface area contributed by atoms with Crippen LogP contribution in [-0.4, -0.2) is 23.9 Å². The van der Waals surface area contributed by atoms with Crippen molar-refractivity contribution in [3.05, 3.63) is 29.3 Å². The molecule has 0 bridgehead atoms. The average molecular weight is 310 g/mol. The van der Waals surface area contributed by atoms with E-state index in [1.807, 2.05) is 39.0 Å². The van der Waals surface area contributed by atoms with Gasteiger partial charge in [0, 0.05) is 25.1 Å². The first-order valence-electron chi connectivity index (χ1n) is 7.80. The molecule has 1 saturated heterocycles. The Balaban J connectivity index is 2.27. The molecule has 1 aromatic rings. The first kappa shape index (κ1) is 16.9. The second-order valence-corrected chi connectivity index (χ2v) is 6.26. The Morgan fingerprint density at radius 2 is 1.95 bits per heavy atom. The normalized spacial score (nSPS) is 24.0. The van der Waals surface area contributed by atoms with E-state index in [1.54, 1.807) is 0 Å². The highest BCUT2D eigenvalue weighted by Gasteiger charge is 2.49. The van der Waals surface area contributed by atoms with Crippen molar-refractivity contribution >= 4 is 11.6 Å². The maximum atomic E-state index is 13.9. The van der Waals surface area contributed by atoms with Crippen molar-refractivity contribution in [2.45, 2.75) is 57.9 Å². The van der Waals surface area contributed by atoms with Crippen LogP contribution in [-0.2, 0) is 4.79 Å². The fourth-order valence-electron chi connectivity index (χ4n) is 3.20. The molecule has 1 amide bonds. The van der Waals surface area contributed by atoms with Gasteiger partial charge in [0.05, 0.1) is 0 Å². The predicted octanol–water partition coefficient (Wildman–Crippen LogP) is 3.80. The fourth-order valence-corrected chi connectivity index (χ4v) is 3.20. The molecule has 1 aromatic carbocycles. The molecule has 0 aliphatic carbocycles. The van der Waals surface area contributed by atoms with E-state index in [0.717, 1.165) is 16.8 Å². The summed E-state index contributed by atoms with van der Waals surface area (Å²) in [6.07, 6.45) is 0.419. The van der Waals surface area contributed by atoms with Crippen LogP contribution in [0.15, 0.2) is 18.2 Å². The first-order chi connectivity index (χ1) is 10.3. The highest BCUT2D eigenvalue weighted by molar-refractivity contribution is 5.99. The van der Waals surface area contributed by atoms with Gasteiger partial charge in [-0.1, -0.05) is 31.5 Å². The number of carbonyl (C=O) groups is 1. The summed E-state index contributed by atoms with van der Waals surface area (Å²) >= 11 is 0. The van der Waals surface area contributed by atoms with Crippen molar-refractivity contribution < 1.29 is 13.6 Å². The molecule has 2 rings (SSSR count). The lowest BCUT2D eigenvalue weighted by Crippen LogP contribution is -2.61. The van der Waals surface area contributed by atoms with Gasteiger partial charge in [-0.25, -0.2) is 8.78 Å². The largest absolute Gasteiger partial charge is 0.324 e. The van der Waals surface area contributed by atoms with E-state index < -0.39 is 17.9 Å². The van der Waals surface area contributed by atoms with Crippen LogP contribution >= 0.6 is 0 Å². The number of rotatable bonds is 4. The first-order valence-corrected chi connectivity index (χ1v) is 7.80. The highest BCUT2D eigenvalue weighted by atomic mass is 19.3. The van der Waals surface area contributed by atoms with Gasteiger partial charge >= 0.3 is 0 Å². The average Bonchev–Trinajstić information content (AvgIpc) is 2.42. The summed E-state index contributed by atoms with van der Waals surface area (Å²) in [6.45, 7) is 5.87. The minimum Gasteiger partial charge on any atom is -0.324 e. The van der Waals surface area contributed by atoms with Gasteiger partial charge in [0.25, 0.3) is 5.92 Å². The lowest BCUT2D eigenvalue weighted by molar-refractivity contribution is -0.132. The van der Waals surface area contributed by atoms with Crippen LogP contribution in [0.4, 0.5) is 14.5 Å². The number of carbonyl (C=O) groups excluding carboxylic acids is 1. The van der Waals surface area contributed by atoms with Crippen molar-refractivity contribution in [1.29, 1.82) is 0 Å². The zero-order chi connectivity index (χ0) is 16.4. The van der Waals surface area contributed by atoms with Crippen molar-refractivity contribution in [3.63, 3.8) is 0 Å². The van der Waals surface area contributed by atoms with Crippen LogP contribution in [0.2, 0.25) is 0 Å². The molecule has 1 aliphatic heterocycles. The second-order valence-electron chi connectivity index (χ2n) is 6.26. The second kappa shape index (κ2) is 6.32. The number of halogens is 2. The fraction of sp³-hybridized carbons (Fsp3) is 0.588. The van der Waals surface area contributed by atoms with Crippen LogP contribution in [0.1, 0.15) is 43.7 Å². The molecule has 1 unspecified atom stereocenters. The summed E-state index contributed by atoms with van der Waals surface area (Å²) in [7, 11) is 0. The number of piperidine rings is 1. The van der Waals surface area contributed by atoms with Gasteiger partial charge in [0.1, 0.15) is 5.54 Å². The number of alkyl halides is 2. The quantitative estimate of drug-likeness (QED) is 0.888. The van der Waals surface area contributed by atoms with Crippen LogP contribution in [0.3, 0.4) is 0 Å². The number of anilines is 1. The number of benzene rings is 1. The lowest BCUT2D eigenvalue weighted by Gasteiger charge is -2.40. The van der Waals surface area contributed by atoms with Crippen molar-refractivity contribution in [2.24, 2.45) is 0 Å². The Morgan fingerprint density at radius 1 is 1.32 bits per heavy atom. The summed E-state index contributed by atoms with van der Waals surface area (Å²) < 4.78 is 27.7. The van der Waals surface area contributed by atoms with Gasteiger partial charge in [-0.05, 0) is 31.4 Å². The van der Waals surface area contributed by atoms with Gasteiger partial charge in [-0.3, -0.25) is 4.79 Å². The minimum atomic E-state index is -2.79. The summed E-state index contributed by atoms with van der Waals surface area (Å²) in [5, 5.41) is 5.93. The molecular weight excluding hydrogens is 286 g/mol. The molecule has 0 aromatic heterocycles. The Morgan fingerprint density at radius 3 is 2.50 bits per heavy atom. The van der Waals surface area contributed by atoms with Crippen molar-refractivity contribution in [1.82, 2.24) is 5.32 Å². The topological polar surface area (TPSA) is 41.1 Å². The van der Waals surface area contributed by atoms with E-state index in [9.17, 15) is 13.6 Å². The van der Waals surface area contributed by atoms with E-state index in [2.05, 4.69) is 10.6 Å². The molecule has 1 aliphatic rings. The molecule has 3 nitrogen and oxygen atoms in total. The molecule has 1 heterocycles. The highest BCUT2D eigenvalue weighted by Crippen LogP contribution is 2.36. The van der Waals surface area contributed by atoms with Gasteiger partial charge in [-0.15, -0.1) is 0 Å². The van der Waals surface area contributed by atoms with Crippen LogP contribution in [0, 0.1) is 13.8 Å². The van der Waals surface area contributed by atoms with E-state index in [1.165, 1.54) is 0 Å². The van der Waals surface area contributed by atoms with E-state index in [0.29, 0.717) is 12.8 Å². The summed E-state index contributed by atoms with van der Waals surface area (Å²) in [6, 6.07) is 5.71. The Hall–Kier alpha value is -1.49. The van der Waals surface area contributed by atoms with Crippen LogP contribution < -0.4 is 10.6 Å². The Kier molecular flexibility index (Phi) is 4.85. The number of hydrogen-bond acceptors (Lipinski definition) is 2. The molecule has 1 atom stereocenters. The van der Waals surface area contributed by atoms with E-state index in [-0.39, 0.29) is 18.9 Å². The monoisotopic (exact) mass is 310 g/mol. The third-order valence-corrected chi connectivity index (χ3v) is 4.35. The number of nitrogens with one attached hydrogen (secondary N) is 2. The molecule has 122 valence electrons. The molecule has 0 spiro atoms. The van der Waals surface area contributed by atoms with Crippen LogP contribution in [0.25, 0.3) is 0 Å². The maximum absolute atomic E-state index is 13.9. The molecule has 2 N–H and O–H groups in total. The smallest absolute Gasteiger partial charge is 0.251 e. The molecule has 5 heteroatoms. The van der Waals surface area contributed by atoms with Gasteiger partial charge in [0.2, 0.25) is 5.91 Å². The molecule has 0 saturated carbocycles. The van der Waals surface area contributed by atoms with Crippen molar-refractivity contribution in [3.8, 4) is 0 Å². The minimum absolute atomic E-state index is 0.160. The zero-order valence-electron chi connectivity index (χ0n) is 13.4. The van der Waals surface area contributed by atoms with Gasteiger partial charge < -0.3 is 10.6 Å². The van der Waals surface area contributed by atoms with E-state index >= 15 is 0 Å². The Bertz CT molecular complexity index is 535. The van der Waals surface area contributed by atoms with Gasteiger partial charge in [-0.2, -0.15) is 0 Å². The SMILES string of the molecule is CCCC1(C(=O)Nc2c(C)cccc2C)CC(F)(F)CCN1. The number of aryl methyl sites for hydroxylation is 2. The summed E-state index contributed by atoms with van der Waals surface area (Å²) in [5.74, 6) is -3.15. The zero-order valence-corrected chi connectivity index (χ0v) is 13.4. The van der Waals surface area contributed by atoms with Crippen molar-refractivity contribution in [2.75, 3.05) is 11.9 Å². The molecule has 22 heavy (non-hydrogen) atoms. The third-order valence-electron chi connectivity index (χ3n) is 4.35. The predicted molar refractivity (Wildman–Crippen MR) is 84.4 cm³/mol.